The first-order chi connectivity index (χ1) is 9.92. The molecule has 1 rings (SSSR count). The van der Waals surface area contributed by atoms with Crippen molar-refractivity contribution in [2.45, 2.75) is 30.9 Å². The van der Waals surface area contributed by atoms with Gasteiger partial charge in [0.2, 0.25) is 11.8 Å². The number of nitrogens with two attached hydrogens (primary N) is 1. The van der Waals surface area contributed by atoms with Crippen LogP contribution in [-0.2, 0) is 9.59 Å². The molecule has 0 aliphatic heterocycles. The Morgan fingerprint density at radius 2 is 1.82 bits per heavy atom. The topological polar surface area (TPSA) is 84.2 Å². The number of hydrogen-bond acceptors (Lipinski definition) is 4. The van der Waals surface area contributed by atoms with Gasteiger partial charge in [0.15, 0.2) is 0 Å². The van der Waals surface area contributed by atoms with E-state index < -0.39 is 0 Å². The standard InChI is InChI=1S/C15H23N3O2S.ClH/c1-10(8-16)9-17-15(20)11(2)21-14-6-4-13(5-7-14)18-12(3)19;/h4-7,10-11H,8-9,16H2,1-3H3,(H,17,20)(H,18,19);1H. The van der Waals surface area contributed by atoms with Crippen LogP contribution in [0.3, 0.4) is 0 Å². The number of thioether (sulfide) groups is 1. The summed E-state index contributed by atoms with van der Waals surface area (Å²) in [6, 6.07) is 7.43. The van der Waals surface area contributed by atoms with E-state index in [4.69, 9.17) is 5.73 Å². The Bertz CT molecular complexity index is 482. The zero-order valence-corrected chi connectivity index (χ0v) is 14.7. The molecule has 22 heavy (non-hydrogen) atoms. The number of carbonyl (C=O) groups is 2. The molecule has 0 aromatic heterocycles. The highest BCUT2D eigenvalue weighted by Crippen LogP contribution is 2.24. The molecule has 124 valence electrons. The summed E-state index contributed by atoms with van der Waals surface area (Å²) in [5, 5.41) is 5.42. The van der Waals surface area contributed by atoms with Gasteiger partial charge in [-0.1, -0.05) is 6.92 Å². The molecule has 2 amide bonds. The molecule has 0 radical (unpaired) electrons. The van der Waals surface area contributed by atoms with E-state index in [2.05, 4.69) is 10.6 Å². The van der Waals surface area contributed by atoms with Gasteiger partial charge in [-0.2, -0.15) is 0 Å². The Hall–Kier alpha value is -1.24. The lowest BCUT2D eigenvalue weighted by Gasteiger charge is -2.14. The van der Waals surface area contributed by atoms with E-state index in [9.17, 15) is 9.59 Å². The van der Waals surface area contributed by atoms with Crippen LogP contribution in [0.1, 0.15) is 20.8 Å². The van der Waals surface area contributed by atoms with Gasteiger partial charge in [-0.25, -0.2) is 0 Å². The van der Waals surface area contributed by atoms with Gasteiger partial charge in [0.05, 0.1) is 5.25 Å². The average Bonchev–Trinajstić information content (AvgIpc) is 2.45. The van der Waals surface area contributed by atoms with Crippen molar-refractivity contribution in [1.82, 2.24) is 5.32 Å². The van der Waals surface area contributed by atoms with Crippen LogP contribution in [0, 0.1) is 5.92 Å². The Morgan fingerprint density at radius 1 is 1.23 bits per heavy atom. The van der Waals surface area contributed by atoms with Crippen LogP contribution in [0.5, 0.6) is 0 Å². The van der Waals surface area contributed by atoms with Crippen LogP contribution in [0.4, 0.5) is 5.69 Å². The number of rotatable bonds is 7. The molecular formula is C15H24ClN3O2S. The van der Waals surface area contributed by atoms with Gasteiger partial charge in [-0.3, -0.25) is 9.59 Å². The van der Waals surface area contributed by atoms with Gasteiger partial charge < -0.3 is 16.4 Å². The largest absolute Gasteiger partial charge is 0.355 e. The first-order valence-corrected chi connectivity index (χ1v) is 7.82. The highest BCUT2D eigenvalue weighted by Gasteiger charge is 2.14. The number of hydrogen-bond donors (Lipinski definition) is 3. The Labute approximate surface area is 142 Å². The van der Waals surface area contributed by atoms with Gasteiger partial charge in [-0.15, -0.1) is 24.2 Å². The van der Waals surface area contributed by atoms with Crippen LogP contribution in [0.25, 0.3) is 0 Å². The summed E-state index contributed by atoms with van der Waals surface area (Å²) in [6.07, 6.45) is 0. The van der Waals surface area contributed by atoms with Crippen LogP contribution in [-0.4, -0.2) is 30.2 Å². The second-order valence-electron chi connectivity index (χ2n) is 5.05. The fraction of sp³-hybridized carbons (Fsp3) is 0.467. The Kier molecular flexibility index (Phi) is 9.89. The molecule has 0 heterocycles. The fourth-order valence-corrected chi connectivity index (χ4v) is 2.47. The lowest BCUT2D eigenvalue weighted by atomic mass is 10.2. The van der Waals surface area contributed by atoms with Crippen LogP contribution in [0.2, 0.25) is 0 Å². The molecule has 2 atom stereocenters. The average molecular weight is 346 g/mol. The zero-order valence-electron chi connectivity index (χ0n) is 13.1. The molecule has 0 fully saturated rings. The van der Waals surface area contributed by atoms with E-state index in [0.29, 0.717) is 13.1 Å². The fourth-order valence-electron chi connectivity index (χ4n) is 1.58. The van der Waals surface area contributed by atoms with Crippen LogP contribution >= 0.6 is 24.2 Å². The molecule has 0 saturated heterocycles. The quantitative estimate of drug-likeness (QED) is 0.662. The summed E-state index contributed by atoms with van der Waals surface area (Å²) in [7, 11) is 0. The molecule has 1 aromatic rings. The second kappa shape index (κ2) is 10.5. The van der Waals surface area contributed by atoms with Gasteiger partial charge in [-0.05, 0) is 43.7 Å². The van der Waals surface area contributed by atoms with E-state index in [1.54, 1.807) is 0 Å². The summed E-state index contributed by atoms with van der Waals surface area (Å²) in [6.45, 7) is 6.50. The smallest absolute Gasteiger partial charge is 0.233 e. The predicted molar refractivity (Wildman–Crippen MR) is 94.5 cm³/mol. The van der Waals surface area contributed by atoms with Crippen molar-refractivity contribution in [1.29, 1.82) is 0 Å². The maximum Gasteiger partial charge on any atom is 0.233 e. The molecule has 2 unspecified atom stereocenters. The SMILES string of the molecule is CC(=O)Nc1ccc(SC(C)C(=O)NCC(C)CN)cc1.Cl. The maximum absolute atomic E-state index is 12.0. The number of carbonyl (C=O) groups excluding carboxylic acids is 2. The third-order valence-corrected chi connectivity index (χ3v) is 4.00. The summed E-state index contributed by atoms with van der Waals surface area (Å²) in [5.74, 6) is 0.187. The Balaban J connectivity index is 0.00000441. The molecule has 1 aromatic carbocycles. The second-order valence-corrected chi connectivity index (χ2v) is 6.47. The minimum Gasteiger partial charge on any atom is -0.355 e. The van der Waals surface area contributed by atoms with Gasteiger partial charge in [0.25, 0.3) is 0 Å². The third kappa shape index (κ3) is 7.68. The van der Waals surface area contributed by atoms with Gasteiger partial charge in [0, 0.05) is 24.1 Å². The van der Waals surface area contributed by atoms with Crippen molar-refractivity contribution in [2.75, 3.05) is 18.4 Å². The minimum absolute atomic E-state index is 0. The monoisotopic (exact) mass is 345 g/mol. The van der Waals surface area contributed by atoms with E-state index in [1.807, 2.05) is 38.1 Å². The van der Waals surface area contributed by atoms with E-state index in [1.165, 1.54) is 18.7 Å². The number of halogens is 1. The minimum atomic E-state index is -0.179. The number of amides is 2. The molecule has 0 aliphatic rings. The first kappa shape index (κ1) is 20.8. The van der Waals surface area contributed by atoms with Gasteiger partial charge in [0.1, 0.15) is 0 Å². The molecule has 0 aliphatic carbocycles. The normalized spacial score (nSPS) is 12.7. The number of nitrogens with one attached hydrogen (secondary N) is 2. The summed E-state index contributed by atoms with van der Waals surface area (Å²) >= 11 is 1.48. The third-order valence-electron chi connectivity index (χ3n) is 2.88. The number of anilines is 1. The molecule has 4 N–H and O–H groups in total. The van der Waals surface area contributed by atoms with Crippen molar-refractivity contribution in [3.05, 3.63) is 24.3 Å². The van der Waals surface area contributed by atoms with E-state index >= 15 is 0 Å². The van der Waals surface area contributed by atoms with Crippen molar-refractivity contribution >= 4 is 41.7 Å². The molecule has 0 bridgehead atoms. The highest BCUT2D eigenvalue weighted by molar-refractivity contribution is 8.00. The molecule has 5 nitrogen and oxygen atoms in total. The number of benzene rings is 1. The van der Waals surface area contributed by atoms with Crippen LogP contribution in [0.15, 0.2) is 29.2 Å². The van der Waals surface area contributed by atoms with Gasteiger partial charge >= 0.3 is 0 Å². The van der Waals surface area contributed by atoms with Crippen molar-refractivity contribution < 1.29 is 9.59 Å². The van der Waals surface area contributed by atoms with Crippen molar-refractivity contribution in [3.63, 3.8) is 0 Å². The van der Waals surface area contributed by atoms with E-state index in [-0.39, 0.29) is 35.4 Å². The van der Waals surface area contributed by atoms with Crippen LogP contribution < -0.4 is 16.4 Å². The summed E-state index contributed by atoms with van der Waals surface area (Å²) < 4.78 is 0. The molecular weight excluding hydrogens is 322 g/mol. The molecule has 0 saturated carbocycles. The Morgan fingerprint density at radius 3 is 2.32 bits per heavy atom. The highest BCUT2D eigenvalue weighted by atomic mass is 35.5. The van der Waals surface area contributed by atoms with Crippen molar-refractivity contribution in [3.8, 4) is 0 Å². The predicted octanol–water partition coefficient (Wildman–Crippen LogP) is 2.26. The maximum atomic E-state index is 12.0. The van der Waals surface area contributed by atoms with E-state index in [0.717, 1.165) is 10.6 Å². The first-order valence-electron chi connectivity index (χ1n) is 6.94. The van der Waals surface area contributed by atoms with Crippen molar-refractivity contribution in [2.24, 2.45) is 11.7 Å². The summed E-state index contributed by atoms with van der Waals surface area (Å²) in [5.41, 5.74) is 6.27. The lowest BCUT2D eigenvalue weighted by molar-refractivity contribution is -0.120. The summed E-state index contributed by atoms with van der Waals surface area (Å²) in [4.78, 5) is 23.9. The molecule has 0 spiro atoms. The lowest BCUT2D eigenvalue weighted by Crippen LogP contribution is -2.35. The zero-order chi connectivity index (χ0) is 15.8. The molecule has 7 heteroatoms.